The molecular formula is C17H24ClF3N2. The summed E-state index contributed by atoms with van der Waals surface area (Å²) < 4.78 is 40.9. The second kappa shape index (κ2) is 9.96. The fraction of sp³-hybridized carbons (Fsp3) is 0.529. The molecule has 6 heteroatoms. The van der Waals surface area contributed by atoms with Crippen LogP contribution in [0.4, 0.5) is 13.2 Å². The van der Waals surface area contributed by atoms with E-state index in [1.54, 1.807) is 0 Å². The van der Waals surface area contributed by atoms with Crippen molar-refractivity contribution >= 4 is 12.4 Å². The molecule has 1 N–H and O–H groups in total. The monoisotopic (exact) mass is 348 g/mol. The summed E-state index contributed by atoms with van der Waals surface area (Å²) in [6.07, 6.45) is 5.37. The SMILES string of the molecule is C=CCCCC[C@@H](c1ccc(F)c(F)c1F)N1CCNCC1.Cl. The lowest BCUT2D eigenvalue weighted by molar-refractivity contribution is 0.158. The van der Waals surface area contributed by atoms with Crippen LogP contribution < -0.4 is 5.32 Å². The molecule has 0 spiro atoms. The molecule has 1 fully saturated rings. The molecule has 0 aliphatic carbocycles. The first-order valence-corrected chi connectivity index (χ1v) is 7.84. The van der Waals surface area contributed by atoms with E-state index < -0.39 is 17.5 Å². The number of halogens is 4. The molecule has 1 atom stereocenters. The lowest BCUT2D eigenvalue weighted by Gasteiger charge is -2.35. The lowest BCUT2D eigenvalue weighted by Crippen LogP contribution is -2.45. The van der Waals surface area contributed by atoms with Crippen LogP contribution in [-0.4, -0.2) is 31.1 Å². The molecule has 1 aromatic rings. The molecule has 0 unspecified atom stereocenters. The molecule has 23 heavy (non-hydrogen) atoms. The van der Waals surface area contributed by atoms with Gasteiger partial charge in [-0.05, 0) is 25.3 Å². The van der Waals surface area contributed by atoms with Gasteiger partial charge in [0.15, 0.2) is 17.5 Å². The van der Waals surface area contributed by atoms with Crippen molar-refractivity contribution in [2.24, 2.45) is 0 Å². The fourth-order valence-corrected chi connectivity index (χ4v) is 2.95. The highest BCUT2D eigenvalue weighted by molar-refractivity contribution is 5.85. The first-order chi connectivity index (χ1) is 10.6. The second-order valence-corrected chi connectivity index (χ2v) is 5.64. The highest BCUT2D eigenvalue weighted by Gasteiger charge is 2.26. The Balaban J connectivity index is 0.00000264. The maximum absolute atomic E-state index is 14.2. The molecule has 0 amide bonds. The number of allylic oxidation sites excluding steroid dienone is 1. The van der Waals surface area contributed by atoms with Crippen LogP contribution in [0.2, 0.25) is 0 Å². The maximum Gasteiger partial charge on any atom is 0.194 e. The smallest absolute Gasteiger partial charge is 0.194 e. The van der Waals surface area contributed by atoms with Crippen molar-refractivity contribution in [3.8, 4) is 0 Å². The lowest BCUT2D eigenvalue weighted by atomic mass is 9.97. The van der Waals surface area contributed by atoms with Crippen molar-refractivity contribution in [2.45, 2.75) is 31.7 Å². The van der Waals surface area contributed by atoms with Gasteiger partial charge < -0.3 is 5.32 Å². The van der Waals surface area contributed by atoms with Crippen LogP contribution in [-0.2, 0) is 0 Å². The van der Waals surface area contributed by atoms with Crippen LogP contribution in [0.25, 0.3) is 0 Å². The van der Waals surface area contributed by atoms with Crippen molar-refractivity contribution in [1.82, 2.24) is 10.2 Å². The van der Waals surface area contributed by atoms with Gasteiger partial charge in [0.1, 0.15) is 0 Å². The highest BCUT2D eigenvalue weighted by Crippen LogP contribution is 2.30. The summed E-state index contributed by atoms with van der Waals surface area (Å²) >= 11 is 0. The van der Waals surface area contributed by atoms with Crippen molar-refractivity contribution in [2.75, 3.05) is 26.2 Å². The van der Waals surface area contributed by atoms with E-state index in [1.165, 1.54) is 6.07 Å². The number of unbranched alkanes of at least 4 members (excludes halogenated alkanes) is 2. The second-order valence-electron chi connectivity index (χ2n) is 5.64. The summed E-state index contributed by atoms with van der Waals surface area (Å²) in [5.74, 6) is -3.55. The molecule has 0 bridgehead atoms. The van der Waals surface area contributed by atoms with Crippen LogP contribution in [0.3, 0.4) is 0 Å². The summed E-state index contributed by atoms with van der Waals surface area (Å²) in [6, 6.07) is 2.20. The van der Waals surface area contributed by atoms with E-state index in [4.69, 9.17) is 0 Å². The van der Waals surface area contributed by atoms with Crippen molar-refractivity contribution in [3.63, 3.8) is 0 Å². The minimum Gasteiger partial charge on any atom is -0.314 e. The summed E-state index contributed by atoms with van der Waals surface area (Å²) in [6.45, 7) is 6.91. The Bertz CT molecular complexity index is 505. The molecule has 2 nitrogen and oxygen atoms in total. The molecule has 1 aromatic carbocycles. The van der Waals surface area contributed by atoms with Gasteiger partial charge in [0, 0.05) is 37.8 Å². The summed E-state index contributed by atoms with van der Waals surface area (Å²) in [4.78, 5) is 2.15. The van der Waals surface area contributed by atoms with Gasteiger partial charge in [-0.3, -0.25) is 4.90 Å². The fourth-order valence-electron chi connectivity index (χ4n) is 2.95. The van der Waals surface area contributed by atoms with Gasteiger partial charge in [-0.1, -0.05) is 18.6 Å². The largest absolute Gasteiger partial charge is 0.314 e. The van der Waals surface area contributed by atoms with Crippen LogP contribution in [0.5, 0.6) is 0 Å². The summed E-state index contributed by atoms with van der Waals surface area (Å²) in [7, 11) is 0. The van der Waals surface area contributed by atoms with Gasteiger partial charge in [-0.2, -0.15) is 0 Å². The summed E-state index contributed by atoms with van der Waals surface area (Å²) in [5, 5.41) is 3.25. The van der Waals surface area contributed by atoms with Crippen LogP contribution >= 0.6 is 12.4 Å². The number of nitrogens with zero attached hydrogens (tertiary/aromatic N) is 1. The third-order valence-electron chi connectivity index (χ3n) is 4.15. The molecule has 2 rings (SSSR count). The minimum atomic E-state index is -1.37. The van der Waals surface area contributed by atoms with Crippen molar-refractivity contribution in [1.29, 1.82) is 0 Å². The zero-order valence-corrected chi connectivity index (χ0v) is 14.0. The Kier molecular flexibility index (Phi) is 8.66. The predicted octanol–water partition coefficient (Wildman–Crippen LogP) is 4.22. The minimum absolute atomic E-state index is 0. The number of piperazine rings is 1. The average Bonchev–Trinajstić information content (AvgIpc) is 2.55. The van der Waals surface area contributed by atoms with Crippen molar-refractivity contribution < 1.29 is 13.2 Å². The van der Waals surface area contributed by atoms with Crippen LogP contribution in [0.1, 0.15) is 37.3 Å². The topological polar surface area (TPSA) is 15.3 Å². The normalized spacial score (nSPS) is 16.7. The molecule has 0 aromatic heterocycles. The van der Waals surface area contributed by atoms with Gasteiger partial charge in [-0.15, -0.1) is 19.0 Å². The van der Waals surface area contributed by atoms with E-state index in [0.717, 1.165) is 57.9 Å². The van der Waals surface area contributed by atoms with E-state index in [2.05, 4.69) is 16.8 Å². The molecule has 1 heterocycles. The van der Waals surface area contributed by atoms with Crippen LogP contribution in [0, 0.1) is 17.5 Å². The summed E-state index contributed by atoms with van der Waals surface area (Å²) in [5.41, 5.74) is 0.263. The standard InChI is InChI=1S/C17H23F3N2.ClH/c1-2-3-4-5-6-15(22-11-9-21-10-12-22)13-7-8-14(18)17(20)16(13)19;/h2,7-8,15,21H,1,3-6,9-12H2;1H/t15-;/m0./s1. The predicted molar refractivity (Wildman–Crippen MR) is 89.4 cm³/mol. The van der Waals surface area contributed by atoms with E-state index >= 15 is 0 Å². The van der Waals surface area contributed by atoms with E-state index in [-0.39, 0.29) is 24.0 Å². The Labute approximate surface area is 142 Å². The average molecular weight is 349 g/mol. The van der Waals surface area contributed by atoms with Gasteiger partial charge in [-0.25, -0.2) is 13.2 Å². The maximum atomic E-state index is 14.2. The Hall–Kier alpha value is -1.04. The molecule has 1 aliphatic rings. The van der Waals surface area contributed by atoms with E-state index in [0.29, 0.717) is 0 Å². The third kappa shape index (κ3) is 5.23. The molecule has 0 saturated carbocycles. The van der Waals surface area contributed by atoms with Gasteiger partial charge in [0.2, 0.25) is 0 Å². The zero-order chi connectivity index (χ0) is 15.9. The number of hydrogen-bond donors (Lipinski definition) is 1. The van der Waals surface area contributed by atoms with Gasteiger partial charge in [0.25, 0.3) is 0 Å². The Morgan fingerprint density at radius 1 is 1.13 bits per heavy atom. The highest BCUT2D eigenvalue weighted by atomic mass is 35.5. The number of rotatable bonds is 7. The van der Waals surface area contributed by atoms with Gasteiger partial charge in [0.05, 0.1) is 0 Å². The Morgan fingerprint density at radius 3 is 2.48 bits per heavy atom. The van der Waals surface area contributed by atoms with Crippen LogP contribution in [0.15, 0.2) is 24.8 Å². The first-order valence-electron chi connectivity index (χ1n) is 7.84. The number of hydrogen-bond acceptors (Lipinski definition) is 2. The van der Waals surface area contributed by atoms with E-state index in [1.807, 2.05) is 6.08 Å². The molecule has 1 saturated heterocycles. The number of nitrogens with one attached hydrogen (secondary N) is 1. The molecule has 0 radical (unpaired) electrons. The third-order valence-corrected chi connectivity index (χ3v) is 4.15. The van der Waals surface area contributed by atoms with E-state index in [9.17, 15) is 13.2 Å². The molecule has 130 valence electrons. The zero-order valence-electron chi connectivity index (χ0n) is 13.2. The first kappa shape index (κ1) is 20.0. The van der Waals surface area contributed by atoms with Gasteiger partial charge >= 0.3 is 0 Å². The molecule has 1 aliphatic heterocycles. The molecular weight excluding hydrogens is 325 g/mol. The number of benzene rings is 1. The Morgan fingerprint density at radius 2 is 1.83 bits per heavy atom. The quantitative estimate of drug-likeness (QED) is 0.451. The van der Waals surface area contributed by atoms with Crippen molar-refractivity contribution in [3.05, 3.63) is 47.8 Å².